The first kappa shape index (κ1) is 23.0. The number of nitrogen functional groups attached to an aromatic ring is 1. The Kier molecular flexibility index (Phi) is 7.06. The number of pyridine rings is 1. The van der Waals surface area contributed by atoms with Gasteiger partial charge in [-0.25, -0.2) is 14.4 Å². The molecule has 168 valence electrons. The van der Waals surface area contributed by atoms with Crippen molar-refractivity contribution in [2.24, 2.45) is 0 Å². The Morgan fingerprint density at radius 1 is 0.970 bits per heavy atom. The minimum atomic E-state index is -0.590. The highest BCUT2D eigenvalue weighted by molar-refractivity contribution is 6.39. The molecule has 0 aliphatic rings. The number of hydrogen-bond acceptors (Lipinski definition) is 5. The third-order valence-corrected chi connectivity index (χ3v) is 5.80. The van der Waals surface area contributed by atoms with Gasteiger partial charge >= 0.3 is 0 Å². The van der Waals surface area contributed by atoms with Crippen molar-refractivity contribution in [3.05, 3.63) is 87.9 Å². The van der Waals surface area contributed by atoms with Crippen LogP contribution >= 0.6 is 23.2 Å². The molecule has 0 bridgehead atoms. The maximum Gasteiger partial charge on any atom is 0.221 e. The van der Waals surface area contributed by atoms with E-state index in [9.17, 15) is 4.39 Å². The molecule has 0 fully saturated rings. The van der Waals surface area contributed by atoms with Crippen LogP contribution in [0.25, 0.3) is 22.5 Å². The number of hydrogen-bond donors (Lipinski definition) is 1. The van der Waals surface area contributed by atoms with Crippen LogP contribution in [0.3, 0.4) is 0 Å². The Morgan fingerprint density at radius 2 is 1.73 bits per heavy atom. The summed E-state index contributed by atoms with van der Waals surface area (Å²) in [5.74, 6) is 0.163. The number of aryl methyl sites for hydroxylation is 1. The fourth-order valence-electron chi connectivity index (χ4n) is 3.31. The molecule has 0 spiro atoms. The second kappa shape index (κ2) is 10.1. The quantitative estimate of drug-likeness (QED) is 0.307. The van der Waals surface area contributed by atoms with Crippen LogP contribution in [0.2, 0.25) is 10.0 Å². The van der Waals surface area contributed by atoms with Gasteiger partial charge in [0, 0.05) is 29.4 Å². The third-order valence-electron chi connectivity index (χ3n) is 5.11. The van der Waals surface area contributed by atoms with Crippen molar-refractivity contribution in [1.82, 2.24) is 15.0 Å². The topological polar surface area (TPSA) is 73.9 Å². The molecule has 2 N–H and O–H groups in total. The lowest BCUT2D eigenvalue weighted by atomic mass is 10.1. The summed E-state index contributed by atoms with van der Waals surface area (Å²) in [7, 11) is 0. The van der Waals surface area contributed by atoms with Crippen LogP contribution < -0.4 is 10.5 Å². The molecule has 0 radical (unpaired) electrons. The molecule has 0 saturated carbocycles. The molecule has 5 nitrogen and oxygen atoms in total. The van der Waals surface area contributed by atoms with Crippen LogP contribution in [0, 0.1) is 5.82 Å². The SMILES string of the molecule is CCc1ccc(CCOc2ccc(-c3cc(-c4c(Cl)ccc(F)c4Cl)nc(N)n3)cc2)nc1. The maximum atomic E-state index is 14.0. The molecule has 0 atom stereocenters. The number of nitrogens with two attached hydrogens (primary N) is 1. The number of ether oxygens (including phenoxy) is 1. The summed E-state index contributed by atoms with van der Waals surface area (Å²) in [4.78, 5) is 12.9. The summed E-state index contributed by atoms with van der Waals surface area (Å²) < 4.78 is 19.8. The highest BCUT2D eigenvalue weighted by Gasteiger charge is 2.16. The fraction of sp³-hybridized carbons (Fsp3) is 0.160. The Hall–Kier alpha value is -3.22. The van der Waals surface area contributed by atoms with Gasteiger partial charge in [0.05, 0.1) is 28.0 Å². The van der Waals surface area contributed by atoms with Crippen molar-refractivity contribution in [2.45, 2.75) is 19.8 Å². The van der Waals surface area contributed by atoms with Crippen LogP contribution in [-0.4, -0.2) is 21.6 Å². The first-order valence-electron chi connectivity index (χ1n) is 10.4. The Bertz CT molecular complexity index is 1260. The van der Waals surface area contributed by atoms with E-state index in [1.54, 1.807) is 6.07 Å². The van der Waals surface area contributed by atoms with Crippen LogP contribution in [0.5, 0.6) is 5.75 Å². The van der Waals surface area contributed by atoms with E-state index in [1.807, 2.05) is 36.5 Å². The molecule has 0 aliphatic heterocycles. The summed E-state index contributed by atoms with van der Waals surface area (Å²) >= 11 is 12.4. The number of anilines is 1. The lowest BCUT2D eigenvalue weighted by molar-refractivity contribution is 0.320. The molecule has 8 heteroatoms. The van der Waals surface area contributed by atoms with Crippen molar-refractivity contribution in [3.8, 4) is 28.3 Å². The smallest absolute Gasteiger partial charge is 0.221 e. The van der Waals surface area contributed by atoms with Crippen LogP contribution in [-0.2, 0) is 12.8 Å². The van der Waals surface area contributed by atoms with Gasteiger partial charge in [-0.15, -0.1) is 0 Å². The van der Waals surface area contributed by atoms with Crippen molar-refractivity contribution in [2.75, 3.05) is 12.3 Å². The first-order chi connectivity index (χ1) is 15.9. The highest BCUT2D eigenvalue weighted by Crippen LogP contribution is 2.37. The van der Waals surface area contributed by atoms with Crippen LogP contribution in [0.15, 0.2) is 60.8 Å². The number of benzene rings is 2. The van der Waals surface area contributed by atoms with E-state index in [-0.39, 0.29) is 21.6 Å². The summed E-state index contributed by atoms with van der Waals surface area (Å²) in [6.07, 6.45) is 3.58. The predicted molar refractivity (Wildman–Crippen MR) is 130 cm³/mol. The van der Waals surface area contributed by atoms with Crippen molar-refractivity contribution in [3.63, 3.8) is 0 Å². The van der Waals surface area contributed by atoms with Gasteiger partial charge in [0.15, 0.2) is 0 Å². The molecule has 4 rings (SSSR count). The average molecular weight is 483 g/mol. The highest BCUT2D eigenvalue weighted by atomic mass is 35.5. The van der Waals surface area contributed by atoms with E-state index >= 15 is 0 Å². The largest absolute Gasteiger partial charge is 0.493 e. The number of nitrogens with zero attached hydrogens (tertiary/aromatic N) is 3. The number of rotatable bonds is 7. The van der Waals surface area contributed by atoms with Gasteiger partial charge in [-0.2, -0.15) is 0 Å². The fourth-order valence-corrected chi connectivity index (χ4v) is 3.88. The Morgan fingerprint density at radius 3 is 2.42 bits per heavy atom. The maximum absolute atomic E-state index is 14.0. The standard InChI is InChI=1S/C25H21Cl2FN4O/c1-2-15-3-6-17(30-14-15)11-12-33-18-7-4-16(5-8-18)21-13-22(32-25(29)31-21)23-19(26)9-10-20(28)24(23)27/h3-10,13-14H,2,11-12H2,1H3,(H2,29,31,32). The molecule has 0 saturated heterocycles. The van der Waals surface area contributed by atoms with Gasteiger partial charge < -0.3 is 10.5 Å². The molecular weight excluding hydrogens is 462 g/mol. The number of halogens is 3. The van der Waals surface area contributed by atoms with Crippen molar-refractivity contribution >= 4 is 29.2 Å². The molecule has 2 aromatic heterocycles. The van der Waals surface area contributed by atoms with E-state index in [4.69, 9.17) is 33.7 Å². The van der Waals surface area contributed by atoms with Crippen LogP contribution in [0.4, 0.5) is 10.3 Å². The first-order valence-corrected chi connectivity index (χ1v) is 11.2. The second-order valence-electron chi connectivity index (χ2n) is 7.35. The summed E-state index contributed by atoms with van der Waals surface area (Å²) in [6.45, 7) is 2.62. The zero-order chi connectivity index (χ0) is 23.4. The summed E-state index contributed by atoms with van der Waals surface area (Å²) in [5, 5.41) is 0.155. The Balaban J connectivity index is 1.49. The van der Waals surface area contributed by atoms with Crippen molar-refractivity contribution < 1.29 is 9.13 Å². The van der Waals surface area contributed by atoms with Gasteiger partial charge in [0.2, 0.25) is 5.95 Å². The normalized spacial score (nSPS) is 10.9. The monoisotopic (exact) mass is 482 g/mol. The third kappa shape index (κ3) is 5.41. The molecule has 2 aromatic carbocycles. The van der Waals surface area contributed by atoms with Gasteiger partial charge in [0.1, 0.15) is 11.6 Å². The van der Waals surface area contributed by atoms with Crippen molar-refractivity contribution in [1.29, 1.82) is 0 Å². The lowest BCUT2D eigenvalue weighted by Crippen LogP contribution is -2.03. The predicted octanol–water partition coefficient (Wildman–Crippen LogP) is 6.42. The van der Waals surface area contributed by atoms with E-state index in [2.05, 4.69) is 27.9 Å². The zero-order valence-corrected chi connectivity index (χ0v) is 19.4. The zero-order valence-electron chi connectivity index (χ0n) is 17.9. The minimum Gasteiger partial charge on any atom is -0.493 e. The molecule has 0 amide bonds. The molecule has 4 aromatic rings. The van der Waals surface area contributed by atoms with Gasteiger partial charge in [0.25, 0.3) is 0 Å². The summed E-state index contributed by atoms with van der Waals surface area (Å²) in [6, 6.07) is 15.8. The molecule has 0 aliphatic carbocycles. The molecular formula is C25H21Cl2FN4O. The van der Waals surface area contributed by atoms with E-state index in [0.29, 0.717) is 24.4 Å². The second-order valence-corrected chi connectivity index (χ2v) is 8.13. The van der Waals surface area contributed by atoms with E-state index in [0.717, 1.165) is 23.4 Å². The van der Waals surface area contributed by atoms with Gasteiger partial charge in [-0.1, -0.05) is 36.2 Å². The van der Waals surface area contributed by atoms with Crippen LogP contribution in [0.1, 0.15) is 18.2 Å². The number of aromatic nitrogens is 3. The average Bonchev–Trinajstić information content (AvgIpc) is 2.82. The minimum absolute atomic E-state index is 0.0285. The van der Waals surface area contributed by atoms with Gasteiger partial charge in [-0.3, -0.25) is 4.98 Å². The van der Waals surface area contributed by atoms with E-state index in [1.165, 1.54) is 17.7 Å². The molecule has 33 heavy (non-hydrogen) atoms. The summed E-state index contributed by atoms with van der Waals surface area (Å²) in [5.41, 5.74) is 10.1. The Labute approximate surface area is 201 Å². The molecule has 2 heterocycles. The van der Waals surface area contributed by atoms with E-state index < -0.39 is 5.82 Å². The molecule has 0 unspecified atom stereocenters. The van der Waals surface area contributed by atoms with Gasteiger partial charge in [-0.05, 0) is 60.5 Å². The lowest BCUT2D eigenvalue weighted by Gasteiger charge is -2.11.